The molecule has 39 heavy (non-hydrogen) atoms. The third-order valence-electron chi connectivity index (χ3n) is 4.95. The van der Waals surface area contributed by atoms with E-state index < -0.39 is 87.3 Å². The van der Waals surface area contributed by atoms with Gasteiger partial charge in [0.2, 0.25) is 0 Å². The van der Waals surface area contributed by atoms with Crippen LogP contribution in [0.15, 0.2) is 0 Å². The molecule has 0 heterocycles. The van der Waals surface area contributed by atoms with E-state index in [1.807, 2.05) is 0 Å². The fourth-order valence-corrected chi connectivity index (χ4v) is 3.67. The Labute approximate surface area is 207 Å². The zero-order valence-electron chi connectivity index (χ0n) is 18.9. The second-order valence-electron chi connectivity index (χ2n) is 8.53. The zero-order chi connectivity index (χ0) is 32.1. The molecule has 1 unspecified atom stereocenters. The number of sulfonamides is 1. The molecule has 236 valence electrons. The molecule has 0 saturated carbocycles. The second-order valence-corrected chi connectivity index (χ2v) is 10.3. The number of halogens is 17. The average Bonchev–Trinajstić information content (AvgIpc) is 2.70. The normalized spacial score (nSPS) is 16.9. The third kappa shape index (κ3) is 5.98. The van der Waals surface area contributed by atoms with E-state index in [1.165, 1.54) is 14.1 Å². The van der Waals surface area contributed by atoms with Crippen LogP contribution in [-0.4, -0.2) is 117 Å². The van der Waals surface area contributed by atoms with E-state index in [4.69, 9.17) is 5.11 Å². The lowest BCUT2D eigenvalue weighted by atomic mass is 9.91. The SMILES string of the molecule is C[N+](C)(CCO)CC(O)CNS(=O)(=O)C(F)(F)C(F)(F)C(F)(F)C(F)(F)C(F)(F)C(F)(F)C(F)(F)C(F)(F)F. The van der Waals surface area contributed by atoms with Gasteiger partial charge in [-0.2, -0.15) is 74.6 Å². The number of quaternary nitrogens is 1. The van der Waals surface area contributed by atoms with Crippen molar-refractivity contribution in [1.29, 1.82) is 0 Å². The number of alkyl halides is 17. The summed E-state index contributed by atoms with van der Waals surface area (Å²) in [6, 6.07) is 0. The highest BCUT2D eigenvalue weighted by molar-refractivity contribution is 7.90. The number of hydrogen-bond acceptors (Lipinski definition) is 4. The van der Waals surface area contributed by atoms with Gasteiger partial charge < -0.3 is 14.7 Å². The Kier molecular flexibility index (Phi) is 10.1. The smallest absolute Gasteiger partial charge is 0.391 e. The first kappa shape index (κ1) is 37.6. The molecule has 0 aliphatic heterocycles. The maximum atomic E-state index is 13.9. The maximum absolute atomic E-state index is 13.9. The predicted octanol–water partition coefficient (Wildman–Crippen LogP) is 3.30. The van der Waals surface area contributed by atoms with Crippen LogP contribution < -0.4 is 4.72 Å². The Morgan fingerprint density at radius 3 is 1.33 bits per heavy atom. The van der Waals surface area contributed by atoms with Gasteiger partial charge in [0.25, 0.3) is 10.0 Å². The van der Waals surface area contributed by atoms with E-state index in [0.29, 0.717) is 4.72 Å². The van der Waals surface area contributed by atoms with Crippen LogP contribution >= 0.6 is 0 Å². The summed E-state index contributed by atoms with van der Waals surface area (Å²) in [6.45, 7) is -3.30. The summed E-state index contributed by atoms with van der Waals surface area (Å²) >= 11 is 0. The van der Waals surface area contributed by atoms with Crippen molar-refractivity contribution in [2.75, 3.05) is 40.3 Å². The largest absolute Gasteiger partial charge is 0.460 e. The molecule has 0 fully saturated rings. The molecule has 0 aromatic rings. The van der Waals surface area contributed by atoms with Gasteiger partial charge in [-0.15, -0.1) is 0 Å². The highest BCUT2D eigenvalue weighted by atomic mass is 32.2. The van der Waals surface area contributed by atoms with Crippen molar-refractivity contribution in [3.05, 3.63) is 0 Å². The number of hydrogen-bond donors (Lipinski definition) is 3. The van der Waals surface area contributed by atoms with Gasteiger partial charge in [0.1, 0.15) is 19.2 Å². The van der Waals surface area contributed by atoms with Crippen molar-refractivity contribution >= 4 is 10.0 Å². The summed E-state index contributed by atoms with van der Waals surface area (Å²) in [5.41, 5.74) is 0. The maximum Gasteiger partial charge on any atom is 0.460 e. The first-order valence-electron chi connectivity index (χ1n) is 9.48. The quantitative estimate of drug-likeness (QED) is 0.200. The monoisotopic (exact) mass is 645 g/mol. The van der Waals surface area contributed by atoms with Gasteiger partial charge in [0.05, 0.1) is 20.7 Å². The summed E-state index contributed by atoms with van der Waals surface area (Å²) in [4.78, 5) is 0. The van der Waals surface area contributed by atoms with Crippen LogP contribution in [0.2, 0.25) is 0 Å². The topological polar surface area (TPSA) is 86.6 Å². The van der Waals surface area contributed by atoms with E-state index in [0.717, 1.165) is 0 Å². The van der Waals surface area contributed by atoms with Crippen LogP contribution in [0.3, 0.4) is 0 Å². The Hall–Kier alpha value is -1.40. The highest BCUT2D eigenvalue weighted by Crippen LogP contribution is 2.64. The average molecular weight is 645 g/mol. The van der Waals surface area contributed by atoms with Gasteiger partial charge in [-0.1, -0.05) is 0 Å². The predicted molar refractivity (Wildman–Crippen MR) is 92.5 cm³/mol. The van der Waals surface area contributed by atoms with Crippen LogP contribution in [-0.2, 0) is 10.0 Å². The molecule has 0 amide bonds. The zero-order valence-corrected chi connectivity index (χ0v) is 19.7. The molecule has 3 N–H and O–H groups in total. The summed E-state index contributed by atoms with van der Waals surface area (Å²) in [5, 5.41) is 10.7. The van der Waals surface area contributed by atoms with Gasteiger partial charge in [0, 0.05) is 6.54 Å². The standard InChI is InChI=1S/C15H18F17N2O4S/c1-34(2,3-4-35)6-7(36)5-33-39(37,38)15(31,32)13(26,27)11(22,23)9(18,19)8(16,17)10(20,21)12(24,25)14(28,29)30/h7,33,35-36H,3-6H2,1-2H3/q+1. The third-order valence-corrected chi connectivity index (χ3v) is 6.43. The summed E-state index contributed by atoms with van der Waals surface area (Å²) in [5.74, 6) is -52.0. The minimum atomic E-state index is -8.91. The molecule has 0 aromatic heterocycles. The van der Waals surface area contributed by atoms with E-state index in [1.54, 1.807) is 0 Å². The first-order chi connectivity index (χ1) is 16.7. The van der Waals surface area contributed by atoms with Crippen molar-refractivity contribution in [2.45, 2.75) is 53.1 Å². The molecule has 0 aliphatic rings. The molecule has 0 saturated heterocycles. The fourth-order valence-electron chi connectivity index (χ4n) is 2.61. The molecule has 0 radical (unpaired) electrons. The van der Waals surface area contributed by atoms with Crippen molar-refractivity contribution < 1.29 is 97.8 Å². The number of aliphatic hydroxyl groups excluding tert-OH is 2. The molecule has 0 bridgehead atoms. The van der Waals surface area contributed by atoms with Gasteiger partial charge in [0.15, 0.2) is 0 Å². The Bertz CT molecular complexity index is 966. The van der Waals surface area contributed by atoms with Gasteiger partial charge >= 0.3 is 47.0 Å². The number of nitrogens with zero attached hydrogens (tertiary/aromatic N) is 1. The minimum Gasteiger partial charge on any atom is -0.391 e. The fraction of sp³-hybridized carbons (Fsp3) is 1.00. The molecule has 0 rings (SSSR count). The molecule has 0 spiro atoms. The van der Waals surface area contributed by atoms with Gasteiger partial charge in [-0.25, -0.2) is 13.1 Å². The molecular formula is C15H18F17N2O4S+. The van der Waals surface area contributed by atoms with Gasteiger partial charge in [-0.3, -0.25) is 0 Å². The first-order valence-corrected chi connectivity index (χ1v) is 11.0. The molecule has 6 nitrogen and oxygen atoms in total. The molecular weight excluding hydrogens is 627 g/mol. The van der Waals surface area contributed by atoms with E-state index in [9.17, 15) is 88.2 Å². The lowest BCUT2D eigenvalue weighted by molar-refractivity contribution is -0.893. The number of nitrogens with one attached hydrogen (secondary N) is 1. The van der Waals surface area contributed by atoms with Crippen LogP contribution in [0.25, 0.3) is 0 Å². The Morgan fingerprint density at radius 1 is 0.667 bits per heavy atom. The highest BCUT2D eigenvalue weighted by Gasteiger charge is 2.96. The van der Waals surface area contributed by atoms with Crippen molar-refractivity contribution in [2.24, 2.45) is 0 Å². The van der Waals surface area contributed by atoms with Crippen molar-refractivity contribution in [1.82, 2.24) is 4.72 Å². The second kappa shape index (κ2) is 10.5. The molecule has 0 aromatic carbocycles. The summed E-state index contributed by atoms with van der Waals surface area (Å²) in [7, 11) is -5.07. The number of aliphatic hydroxyl groups is 2. The van der Waals surface area contributed by atoms with E-state index >= 15 is 0 Å². The van der Waals surface area contributed by atoms with Crippen molar-refractivity contribution in [3.8, 4) is 0 Å². The molecule has 0 aliphatic carbocycles. The number of rotatable bonds is 14. The minimum absolute atomic E-state index is 0.217. The Balaban J connectivity index is 6.51. The molecule has 24 heteroatoms. The lowest BCUT2D eigenvalue weighted by Gasteiger charge is -2.42. The summed E-state index contributed by atoms with van der Waals surface area (Å²) in [6.07, 6.45) is -10.1. The van der Waals surface area contributed by atoms with Gasteiger partial charge in [-0.05, 0) is 0 Å². The van der Waals surface area contributed by atoms with Crippen LogP contribution in [0.4, 0.5) is 74.6 Å². The lowest BCUT2D eigenvalue weighted by Crippen LogP contribution is -2.75. The van der Waals surface area contributed by atoms with Crippen molar-refractivity contribution in [3.63, 3.8) is 0 Å². The van der Waals surface area contributed by atoms with Crippen LogP contribution in [0.1, 0.15) is 0 Å². The van der Waals surface area contributed by atoms with E-state index in [-0.39, 0.29) is 6.54 Å². The Morgan fingerprint density at radius 2 is 1.00 bits per heavy atom. The van der Waals surface area contributed by atoms with E-state index in [2.05, 4.69) is 0 Å². The van der Waals surface area contributed by atoms with Crippen LogP contribution in [0.5, 0.6) is 0 Å². The molecule has 1 atom stereocenters. The summed E-state index contributed by atoms with van der Waals surface area (Å²) < 4.78 is 248. The number of likely N-dealkylation sites (N-methyl/N-ethyl adjacent to an activating group) is 1. The van der Waals surface area contributed by atoms with Crippen LogP contribution in [0, 0.1) is 0 Å².